The Morgan fingerprint density at radius 3 is 2.59 bits per heavy atom. The lowest BCUT2D eigenvalue weighted by Gasteiger charge is -2.28. The lowest BCUT2D eigenvalue weighted by Crippen LogP contribution is -2.48. The fourth-order valence-corrected chi connectivity index (χ4v) is 6.55. The molecule has 2 aromatic carbocycles. The smallest absolute Gasteiger partial charge is 0.324 e. The molecule has 4 N–H and O–H groups in total. The number of carbonyl (C=O) groups excluding carboxylic acids is 2. The number of methoxy groups -OCH3 is 1. The van der Waals surface area contributed by atoms with Gasteiger partial charge in [0, 0.05) is 17.9 Å². The fourth-order valence-electron chi connectivity index (χ4n) is 5.44. The van der Waals surface area contributed by atoms with Gasteiger partial charge < -0.3 is 29.6 Å². The van der Waals surface area contributed by atoms with Crippen molar-refractivity contribution in [3.63, 3.8) is 0 Å². The van der Waals surface area contributed by atoms with Crippen molar-refractivity contribution in [3.8, 4) is 5.75 Å². The Labute approximate surface area is 263 Å². The maximum absolute atomic E-state index is 13.0. The molecule has 46 heavy (non-hydrogen) atoms. The Kier molecular flexibility index (Phi) is 8.01. The molecule has 2 unspecified atom stereocenters. The number of nitrogens with one attached hydrogen (secondary N) is 4. The first-order valence-corrected chi connectivity index (χ1v) is 15.7. The number of amides is 3. The molecule has 0 saturated carbocycles. The Hall–Kier alpha value is -4.84. The molecule has 6 rings (SSSR count). The molecule has 2 fully saturated rings. The van der Waals surface area contributed by atoms with Crippen LogP contribution < -0.4 is 25.4 Å². The highest BCUT2D eigenvalue weighted by molar-refractivity contribution is 7.92. The number of carbonyl (C=O) groups is 2. The average Bonchev–Trinajstić information content (AvgIpc) is 3.67. The van der Waals surface area contributed by atoms with Gasteiger partial charge in [-0.15, -0.1) is 0 Å². The number of sulfonamides is 1. The van der Waals surface area contributed by atoms with Gasteiger partial charge in [0.1, 0.15) is 18.2 Å². The number of ether oxygens (including phenoxy) is 4. The second-order valence-corrected chi connectivity index (χ2v) is 12.6. The maximum atomic E-state index is 13.0. The van der Waals surface area contributed by atoms with Crippen LogP contribution in [0.4, 0.5) is 22.0 Å². The Bertz CT molecular complexity index is 1900. The molecule has 3 amide bonds. The van der Waals surface area contributed by atoms with Crippen molar-refractivity contribution in [2.24, 2.45) is 0 Å². The summed E-state index contributed by atoms with van der Waals surface area (Å²) in [5.74, 6) is -0.714. The van der Waals surface area contributed by atoms with Crippen LogP contribution in [0.5, 0.6) is 5.75 Å². The predicted octanol–water partition coefficient (Wildman–Crippen LogP) is 2.62. The summed E-state index contributed by atoms with van der Waals surface area (Å²) in [4.78, 5) is 38.7. The van der Waals surface area contributed by atoms with Gasteiger partial charge in [0.2, 0.25) is 5.72 Å². The second kappa shape index (κ2) is 11.8. The topological polar surface area (TPSA) is 197 Å². The van der Waals surface area contributed by atoms with Gasteiger partial charge in [-0.2, -0.15) is 0 Å². The summed E-state index contributed by atoms with van der Waals surface area (Å²) >= 11 is 0. The predicted molar refractivity (Wildman–Crippen MR) is 165 cm³/mol. The van der Waals surface area contributed by atoms with Crippen LogP contribution >= 0.6 is 0 Å². The van der Waals surface area contributed by atoms with E-state index in [-0.39, 0.29) is 34.4 Å². The Morgan fingerprint density at radius 1 is 1.07 bits per heavy atom. The maximum Gasteiger partial charge on any atom is 0.324 e. The molecule has 2 saturated heterocycles. The van der Waals surface area contributed by atoms with E-state index in [4.69, 9.17) is 18.9 Å². The molecular formula is C29H32N8O8S. The number of aromatic nitrogens is 4. The highest BCUT2D eigenvalue weighted by Gasteiger charge is 2.64. The average molecular weight is 653 g/mol. The van der Waals surface area contributed by atoms with Crippen LogP contribution in [0.15, 0.2) is 66.1 Å². The van der Waals surface area contributed by atoms with Crippen LogP contribution in [0.25, 0.3) is 11.2 Å². The SMILES string of the molecule is CCNC(=O)[C@H]1OCC2(n3cnc4c(NC(=O)Nc5cccc(S(=O)(=O)Nc6ccc(OC)cc6)c5)ncnc43)OC(C)(C)OC12. The van der Waals surface area contributed by atoms with Crippen LogP contribution in [0.2, 0.25) is 0 Å². The third-order valence-corrected chi connectivity index (χ3v) is 8.73. The first kappa shape index (κ1) is 31.2. The van der Waals surface area contributed by atoms with E-state index in [1.165, 1.54) is 38.0 Å². The van der Waals surface area contributed by atoms with Crippen molar-refractivity contribution in [1.82, 2.24) is 24.8 Å². The van der Waals surface area contributed by atoms with E-state index >= 15 is 0 Å². The monoisotopic (exact) mass is 652 g/mol. The van der Waals surface area contributed by atoms with E-state index in [0.717, 1.165) is 0 Å². The lowest BCUT2D eigenvalue weighted by atomic mass is 10.0. The molecular weight excluding hydrogens is 620 g/mol. The molecule has 2 aliphatic rings. The molecule has 16 nitrogen and oxygen atoms in total. The van der Waals surface area contributed by atoms with Gasteiger partial charge in [-0.1, -0.05) is 6.07 Å². The summed E-state index contributed by atoms with van der Waals surface area (Å²) in [5.41, 5.74) is -0.175. The van der Waals surface area contributed by atoms with Gasteiger partial charge in [-0.3, -0.25) is 19.4 Å². The standard InChI is InChI=1S/C29H32N8O8S/c1-5-30-26(38)22-23-29(14-43-22,45-28(2,3)44-23)37-16-33-21-24(31-15-32-25(21)37)35-27(39)34-18-7-6-8-20(13-18)46(40,41)36-17-9-11-19(42-4)12-10-17/h6-13,15-16,22-23,36H,5,14H2,1-4H3,(H,30,38)(H2,31,32,34,35,39)/t22-,23?,29?/m0/s1. The second-order valence-electron chi connectivity index (χ2n) is 11.0. The largest absolute Gasteiger partial charge is 0.497 e. The van der Waals surface area contributed by atoms with Crippen LogP contribution in [0.1, 0.15) is 20.8 Å². The minimum absolute atomic E-state index is 0.0197. The molecule has 242 valence electrons. The summed E-state index contributed by atoms with van der Waals surface area (Å²) in [6, 6.07) is 11.5. The normalized spacial score (nSPS) is 21.8. The Balaban J connectivity index is 1.21. The molecule has 4 heterocycles. The fraction of sp³-hybridized carbons (Fsp3) is 0.345. The zero-order chi connectivity index (χ0) is 32.7. The van der Waals surface area contributed by atoms with E-state index in [2.05, 4.69) is 35.6 Å². The zero-order valence-corrected chi connectivity index (χ0v) is 26.1. The summed E-state index contributed by atoms with van der Waals surface area (Å²) in [6.07, 6.45) is 0.963. The number of fused-ring (bicyclic) bond motifs is 2. The molecule has 17 heteroatoms. The first-order chi connectivity index (χ1) is 21.9. The van der Waals surface area contributed by atoms with Crippen LogP contribution in [-0.4, -0.2) is 78.1 Å². The minimum atomic E-state index is -3.97. The Morgan fingerprint density at radius 2 is 1.85 bits per heavy atom. The van der Waals surface area contributed by atoms with Gasteiger partial charge in [0.15, 0.2) is 28.9 Å². The molecule has 4 aromatic rings. The number of benzene rings is 2. The summed E-state index contributed by atoms with van der Waals surface area (Å²) in [6.45, 7) is 5.68. The van der Waals surface area contributed by atoms with Crippen molar-refractivity contribution >= 4 is 50.3 Å². The molecule has 3 atom stereocenters. The van der Waals surface area contributed by atoms with Gasteiger partial charge in [-0.25, -0.2) is 28.2 Å². The molecule has 0 bridgehead atoms. The van der Waals surface area contributed by atoms with Gasteiger partial charge in [0.05, 0.1) is 24.9 Å². The van der Waals surface area contributed by atoms with Crippen molar-refractivity contribution in [1.29, 1.82) is 0 Å². The van der Waals surface area contributed by atoms with E-state index in [9.17, 15) is 18.0 Å². The van der Waals surface area contributed by atoms with Crippen molar-refractivity contribution < 1.29 is 37.0 Å². The molecule has 0 radical (unpaired) electrons. The third kappa shape index (κ3) is 5.80. The number of imidazole rings is 1. The highest BCUT2D eigenvalue weighted by atomic mass is 32.2. The molecule has 0 aliphatic carbocycles. The van der Waals surface area contributed by atoms with E-state index in [0.29, 0.717) is 23.6 Å². The summed E-state index contributed by atoms with van der Waals surface area (Å²) in [5, 5.41) is 8.02. The first-order valence-electron chi connectivity index (χ1n) is 14.3. The highest BCUT2D eigenvalue weighted by Crippen LogP contribution is 2.47. The lowest BCUT2D eigenvalue weighted by molar-refractivity contribution is -0.205. The van der Waals surface area contributed by atoms with E-state index in [1.807, 2.05) is 0 Å². The number of likely N-dealkylation sites (N-methyl/N-ethyl adjacent to an activating group) is 1. The number of anilines is 3. The number of hydrogen-bond acceptors (Lipinski definition) is 11. The number of nitrogens with zero attached hydrogens (tertiary/aromatic N) is 4. The molecule has 2 aromatic heterocycles. The quantitative estimate of drug-likeness (QED) is 0.207. The van der Waals surface area contributed by atoms with Crippen molar-refractivity contribution in [2.75, 3.05) is 35.6 Å². The van der Waals surface area contributed by atoms with Gasteiger partial charge in [-0.05, 0) is 63.2 Å². The third-order valence-electron chi connectivity index (χ3n) is 7.35. The minimum Gasteiger partial charge on any atom is -0.497 e. The van der Waals surface area contributed by atoms with E-state index < -0.39 is 39.8 Å². The number of urea groups is 1. The van der Waals surface area contributed by atoms with Crippen molar-refractivity contribution in [3.05, 3.63) is 61.2 Å². The zero-order valence-electron chi connectivity index (χ0n) is 25.3. The summed E-state index contributed by atoms with van der Waals surface area (Å²) < 4.78 is 53.6. The van der Waals surface area contributed by atoms with Crippen LogP contribution in [0.3, 0.4) is 0 Å². The van der Waals surface area contributed by atoms with Crippen LogP contribution in [-0.2, 0) is 34.8 Å². The van der Waals surface area contributed by atoms with Gasteiger partial charge >= 0.3 is 6.03 Å². The molecule has 2 aliphatic heterocycles. The molecule has 0 spiro atoms. The summed E-state index contributed by atoms with van der Waals surface area (Å²) in [7, 11) is -2.45. The van der Waals surface area contributed by atoms with Crippen LogP contribution in [0, 0.1) is 0 Å². The number of hydrogen-bond donors (Lipinski definition) is 4. The number of rotatable bonds is 9. The van der Waals surface area contributed by atoms with E-state index in [1.54, 1.807) is 55.7 Å². The van der Waals surface area contributed by atoms with Gasteiger partial charge in [0.25, 0.3) is 15.9 Å². The van der Waals surface area contributed by atoms with Crippen molar-refractivity contribution in [2.45, 2.75) is 49.4 Å².